The summed E-state index contributed by atoms with van der Waals surface area (Å²) in [6.07, 6.45) is 0.788. The van der Waals surface area contributed by atoms with Crippen LogP contribution >= 0.6 is 11.6 Å². The molecule has 0 aliphatic heterocycles. The molecular formula is C18H19ClN2O2. The van der Waals surface area contributed by atoms with Gasteiger partial charge in [-0.1, -0.05) is 42.8 Å². The van der Waals surface area contributed by atoms with Crippen LogP contribution in [0.25, 0.3) is 0 Å². The second-order valence-electron chi connectivity index (χ2n) is 5.15. The minimum absolute atomic E-state index is 0.0428. The average molecular weight is 331 g/mol. The summed E-state index contributed by atoms with van der Waals surface area (Å²) in [6, 6.07) is 14.5. The van der Waals surface area contributed by atoms with Crippen LogP contribution in [0.1, 0.15) is 19.4 Å². The lowest BCUT2D eigenvalue weighted by Gasteiger charge is -2.23. The SMILES string of the molecule is CCc1ccccc1N(CC(=O)Nc1cccc(Cl)c1)C(C)=O. The molecule has 4 nitrogen and oxygen atoms in total. The smallest absolute Gasteiger partial charge is 0.244 e. The highest BCUT2D eigenvalue weighted by atomic mass is 35.5. The Morgan fingerprint density at radius 3 is 2.52 bits per heavy atom. The van der Waals surface area contributed by atoms with Crippen LogP contribution < -0.4 is 10.2 Å². The van der Waals surface area contributed by atoms with E-state index in [-0.39, 0.29) is 18.4 Å². The first-order valence-corrected chi connectivity index (χ1v) is 7.80. The lowest BCUT2D eigenvalue weighted by Crippen LogP contribution is -2.37. The summed E-state index contributed by atoms with van der Waals surface area (Å²) in [6.45, 7) is 3.43. The predicted molar refractivity (Wildman–Crippen MR) is 93.9 cm³/mol. The molecule has 0 aromatic heterocycles. The third-order valence-corrected chi connectivity index (χ3v) is 3.69. The number of nitrogens with one attached hydrogen (secondary N) is 1. The van der Waals surface area contributed by atoms with Gasteiger partial charge in [0.05, 0.1) is 0 Å². The highest BCUT2D eigenvalue weighted by molar-refractivity contribution is 6.30. The molecule has 0 aliphatic rings. The molecule has 0 fully saturated rings. The Morgan fingerprint density at radius 1 is 1.13 bits per heavy atom. The van der Waals surface area contributed by atoms with Crippen LogP contribution in [0.15, 0.2) is 48.5 Å². The molecule has 5 heteroatoms. The Morgan fingerprint density at radius 2 is 1.87 bits per heavy atom. The largest absolute Gasteiger partial charge is 0.324 e. The van der Waals surface area contributed by atoms with E-state index >= 15 is 0 Å². The Bertz CT molecular complexity index is 716. The van der Waals surface area contributed by atoms with E-state index in [0.29, 0.717) is 10.7 Å². The molecule has 120 valence electrons. The fraction of sp³-hybridized carbons (Fsp3) is 0.222. The summed E-state index contributed by atoms with van der Waals surface area (Å²) in [5.74, 6) is -0.444. The van der Waals surface area contributed by atoms with Crippen LogP contribution in [0.3, 0.4) is 0 Å². The maximum Gasteiger partial charge on any atom is 0.244 e. The van der Waals surface area contributed by atoms with Crippen LogP contribution in [-0.2, 0) is 16.0 Å². The van der Waals surface area contributed by atoms with Crippen molar-refractivity contribution in [1.82, 2.24) is 0 Å². The zero-order chi connectivity index (χ0) is 16.8. The first-order chi connectivity index (χ1) is 11.0. The molecule has 23 heavy (non-hydrogen) atoms. The van der Waals surface area contributed by atoms with Gasteiger partial charge in [0, 0.05) is 23.3 Å². The lowest BCUT2D eigenvalue weighted by molar-refractivity contribution is -0.120. The number of carbonyl (C=O) groups excluding carboxylic acids is 2. The second-order valence-corrected chi connectivity index (χ2v) is 5.58. The second kappa shape index (κ2) is 7.79. The number of para-hydroxylation sites is 1. The normalized spacial score (nSPS) is 10.2. The van der Waals surface area contributed by atoms with E-state index in [1.165, 1.54) is 11.8 Å². The molecule has 0 spiro atoms. The Hall–Kier alpha value is -2.33. The van der Waals surface area contributed by atoms with E-state index in [1.54, 1.807) is 24.3 Å². The molecule has 0 unspecified atom stereocenters. The van der Waals surface area contributed by atoms with Crippen LogP contribution in [-0.4, -0.2) is 18.4 Å². The van der Waals surface area contributed by atoms with E-state index < -0.39 is 0 Å². The molecule has 0 saturated heterocycles. The number of carbonyl (C=O) groups is 2. The Labute approximate surface area is 141 Å². The predicted octanol–water partition coefficient (Wildman–Crippen LogP) is 3.89. The number of benzene rings is 2. The van der Waals surface area contributed by atoms with Crippen molar-refractivity contribution in [2.24, 2.45) is 0 Å². The third-order valence-electron chi connectivity index (χ3n) is 3.45. The van der Waals surface area contributed by atoms with Crippen LogP contribution in [0.5, 0.6) is 0 Å². The number of rotatable bonds is 5. The molecule has 0 aliphatic carbocycles. The Kier molecular flexibility index (Phi) is 5.77. The highest BCUT2D eigenvalue weighted by Crippen LogP contribution is 2.21. The van der Waals surface area contributed by atoms with Crippen LogP contribution in [0.2, 0.25) is 5.02 Å². The molecule has 2 aromatic rings. The number of aryl methyl sites for hydroxylation is 1. The van der Waals surface area contributed by atoms with Crippen molar-refractivity contribution in [3.05, 3.63) is 59.1 Å². The van der Waals surface area contributed by atoms with Gasteiger partial charge in [-0.25, -0.2) is 0 Å². The average Bonchev–Trinajstić information content (AvgIpc) is 2.52. The zero-order valence-electron chi connectivity index (χ0n) is 13.2. The third kappa shape index (κ3) is 4.57. The molecule has 0 bridgehead atoms. The summed E-state index contributed by atoms with van der Waals surface area (Å²) >= 11 is 5.90. The zero-order valence-corrected chi connectivity index (χ0v) is 13.9. The van der Waals surface area contributed by atoms with Crippen LogP contribution in [0.4, 0.5) is 11.4 Å². The number of amides is 2. The van der Waals surface area contributed by atoms with Gasteiger partial charge in [0.15, 0.2) is 0 Å². The molecule has 0 atom stereocenters. The van der Waals surface area contributed by atoms with E-state index in [0.717, 1.165) is 17.7 Å². The van der Waals surface area contributed by atoms with Gasteiger partial charge in [-0.3, -0.25) is 9.59 Å². The van der Waals surface area contributed by atoms with Gasteiger partial charge in [0.2, 0.25) is 11.8 Å². The summed E-state index contributed by atoms with van der Waals surface area (Å²) < 4.78 is 0. The van der Waals surface area contributed by atoms with Crippen molar-refractivity contribution in [2.45, 2.75) is 20.3 Å². The van der Waals surface area contributed by atoms with Crippen molar-refractivity contribution in [3.8, 4) is 0 Å². The van der Waals surface area contributed by atoms with Gasteiger partial charge in [0.1, 0.15) is 6.54 Å². The molecule has 2 aromatic carbocycles. The van der Waals surface area contributed by atoms with E-state index in [2.05, 4.69) is 5.32 Å². The fourth-order valence-corrected chi connectivity index (χ4v) is 2.54. The monoisotopic (exact) mass is 330 g/mol. The van der Waals surface area contributed by atoms with Crippen molar-refractivity contribution in [1.29, 1.82) is 0 Å². The van der Waals surface area contributed by atoms with Gasteiger partial charge in [-0.15, -0.1) is 0 Å². The summed E-state index contributed by atoms with van der Waals surface area (Å²) in [7, 11) is 0. The van der Waals surface area contributed by atoms with E-state index in [4.69, 9.17) is 11.6 Å². The number of anilines is 2. The first-order valence-electron chi connectivity index (χ1n) is 7.42. The summed E-state index contributed by atoms with van der Waals surface area (Å²) in [4.78, 5) is 25.7. The highest BCUT2D eigenvalue weighted by Gasteiger charge is 2.18. The van der Waals surface area contributed by atoms with Crippen molar-refractivity contribution in [2.75, 3.05) is 16.8 Å². The maximum atomic E-state index is 12.3. The van der Waals surface area contributed by atoms with Crippen molar-refractivity contribution in [3.63, 3.8) is 0 Å². The quantitative estimate of drug-likeness (QED) is 0.904. The van der Waals surface area contributed by atoms with E-state index in [1.807, 2.05) is 31.2 Å². The van der Waals surface area contributed by atoms with Gasteiger partial charge in [-0.05, 0) is 36.2 Å². The number of hydrogen-bond acceptors (Lipinski definition) is 2. The molecule has 1 N–H and O–H groups in total. The number of nitrogens with zero attached hydrogens (tertiary/aromatic N) is 1. The maximum absolute atomic E-state index is 12.3. The van der Waals surface area contributed by atoms with Crippen molar-refractivity contribution < 1.29 is 9.59 Å². The van der Waals surface area contributed by atoms with Gasteiger partial charge >= 0.3 is 0 Å². The number of hydrogen-bond donors (Lipinski definition) is 1. The molecule has 0 heterocycles. The molecular weight excluding hydrogens is 312 g/mol. The van der Waals surface area contributed by atoms with Gasteiger partial charge < -0.3 is 10.2 Å². The molecule has 2 rings (SSSR count). The molecule has 0 saturated carbocycles. The minimum atomic E-state index is -0.270. The van der Waals surface area contributed by atoms with Gasteiger partial charge in [0.25, 0.3) is 0 Å². The van der Waals surface area contributed by atoms with Crippen molar-refractivity contribution >= 4 is 34.8 Å². The molecule has 2 amide bonds. The topological polar surface area (TPSA) is 49.4 Å². The Balaban J connectivity index is 2.16. The lowest BCUT2D eigenvalue weighted by atomic mass is 10.1. The van der Waals surface area contributed by atoms with Gasteiger partial charge in [-0.2, -0.15) is 0 Å². The van der Waals surface area contributed by atoms with E-state index in [9.17, 15) is 9.59 Å². The minimum Gasteiger partial charge on any atom is -0.324 e. The van der Waals surface area contributed by atoms with Crippen LogP contribution in [0, 0.1) is 0 Å². The number of halogens is 1. The first kappa shape index (κ1) is 17.0. The summed E-state index contributed by atoms with van der Waals surface area (Å²) in [5, 5.41) is 3.30. The summed E-state index contributed by atoms with van der Waals surface area (Å²) in [5.41, 5.74) is 2.40. The standard InChI is InChI=1S/C18H19ClN2O2/c1-3-14-7-4-5-10-17(14)21(13(2)22)12-18(23)20-16-9-6-8-15(19)11-16/h4-11H,3,12H2,1-2H3,(H,20,23). The molecule has 0 radical (unpaired) electrons. The fourth-order valence-electron chi connectivity index (χ4n) is 2.35.